The minimum Gasteiger partial charge on any atom is -0.308 e. The van der Waals surface area contributed by atoms with Crippen molar-refractivity contribution in [2.75, 3.05) is 0 Å². The molecule has 96 valence electrons. The summed E-state index contributed by atoms with van der Waals surface area (Å²) in [6.07, 6.45) is -2.39. The summed E-state index contributed by atoms with van der Waals surface area (Å²) in [7, 11) is 0. The number of hydrogen-bond acceptors (Lipinski definition) is 2. The lowest BCUT2D eigenvalue weighted by Crippen LogP contribution is -2.11. The lowest BCUT2D eigenvalue weighted by Gasteiger charge is -2.05. The molecule has 0 atom stereocenters. The number of hydrogen-bond donors (Lipinski definition) is 1. The molecule has 2 aromatic rings. The largest absolute Gasteiger partial charge is 0.308 e. The highest BCUT2D eigenvalue weighted by Gasteiger charge is 2.05. The highest BCUT2D eigenvalue weighted by Crippen LogP contribution is 2.19. The Labute approximate surface area is 109 Å². The second-order valence-electron chi connectivity index (χ2n) is 4.16. The van der Waals surface area contributed by atoms with Crippen molar-refractivity contribution in [2.24, 2.45) is 0 Å². The summed E-state index contributed by atoms with van der Waals surface area (Å²) in [4.78, 5) is 2.59. The summed E-state index contributed by atoms with van der Waals surface area (Å²) < 4.78 is 24.7. The molecule has 0 aliphatic rings. The van der Waals surface area contributed by atoms with Crippen LogP contribution in [-0.2, 0) is 13.1 Å². The minimum absolute atomic E-state index is 0.0765. The Bertz CT molecular complexity index is 491. The molecule has 1 aromatic carbocycles. The van der Waals surface area contributed by atoms with Gasteiger partial charge in [-0.25, -0.2) is 8.78 Å². The smallest absolute Gasteiger partial charge is 0.263 e. The second kappa shape index (κ2) is 6.07. The topological polar surface area (TPSA) is 12.0 Å². The van der Waals surface area contributed by atoms with E-state index in [1.54, 1.807) is 23.5 Å². The molecule has 0 saturated carbocycles. The van der Waals surface area contributed by atoms with Crippen LogP contribution in [-0.4, -0.2) is 0 Å². The van der Waals surface area contributed by atoms with E-state index < -0.39 is 6.43 Å². The lowest BCUT2D eigenvalue weighted by atomic mass is 10.1. The number of aryl methyl sites for hydroxylation is 1. The normalized spacial score (nSPS) is 11.1. The van der Waals surface area contributed by atoms with E-state index in [1.165, 1.54) is 21.9 Å². The molecular weight excluding hydrogens is 252 g/mol. The van der Waals surface area contributed by atoms with Gasteiger partial charge in [0.25, 0.3) is 6.43 Å². The van der Waals surface area contributed by atoms with Gasteiger partial charge in [-0.3, -0.25) is 0 Å². The molecule has 0 unspecified atom stereocenters. The standard InChI is InChI=1S/C14H15F2NS/c1-10-2-7-13(18-10)9-17-8-11-3-5-12(6-4-11)14(15)16/h2-7,14,17H,8-9H2,1H3. The van der Waals surface area contributed by atoms with E-state index >= 15 is 0 Å². The Balaban J connectivity index is 1.83. The summed E-state index contributed by atoms with van der Waals surface area (Å²) in [6, 6.07) is 10.7. The third-order valence-electron chi connectivity index (χ3n) is 2.66. The summed E-state index contributed by atoms with van der Waals surface area (Å²) in [5, 5.41) is 3.30. The minimum atomic E-state index is -2.39. The first kappa shape index (κ1) is 13.2. The van der Waals surface area contributed by atoms with Gasteiger partial charge in [-0.1, -0.05) is 24.3 Å². The number of halogens is 2. The molecule has 0 radical (unpaired) electrons. The van der Waals surface area contributed by atoms with Crippen LogP contribution in [0.2, 0.25) is 0 Å². The molecule has 0 aliphatic carbocycles. The van der Waals surface area contributed by atoms with E-state index in [4.69, 9.17) is 0 Å². The Morgan fingerprint density at radius 3 is 2.33 bits per heavy atom. The molecule has 0 fully saturated rings. The van der Waals surface area contributed by atoms with Crippen LogP contribution in [0.25, 0.3) is 0 Å². The molecule has 0 bridgehead atoms. The number of rotatable bonds is 5. The van der Waals surface area contributed by atoms with Crippen molar-refractivity contribution in [3.63, 3.8) is 0 Å². The first-order chi connectivity index (χ1) is 8.65. The number of thiophene rings is 1. The Morgan fingerprint density at radius 1 is 1.06 bits per heavy atom. The summed E-state index contributed by atoms with van der Waals surface area (Å²) in [6.45, 7) is 3.59. The van der Waals surface area contributed by atoms with Crippen LogP contribution in [0.5, 0.6) is 0 Å². The molecule has 1 heterocycles. The zero-order valence-electron chi connectivity index (χ0n) is 10.1. The molecule has 4 heteroatoms. The molecule has 18 heavy (non-hydrogen) atoms. The number of benzene rings is 1. The second-order valence-corrected chi connectivity index (χ2v) is 5.53. The zero-order valence-corrected chi connectivity index (χ0v) is 10.9. The maximum absolute atomic E-state index is 12.4. The average molecular weight is 267 g/mol. The maximum atomic E-state index is 12.4. The Hall–Kier alpha value is -1.26. The van der Waals surface area contributed by atoms with Gasteiger partial charge in [-0.2, -0.15) is 0 Å². The molecule has 0 spiro atoms. The van der Waals surface area contributed by atoms with Gasteiger partial charge in [-0.05, 0) is 24.6 Å². The molecule has 1 nitrogen and oxygen atoms in total. The van der Waals surface area contributed by atoms with E-state index in [1.807, 2.05) is 0 Å². The zero-order chi connectivity index (χ0) is 13.0. The molecule has 0 amide bonds. The van der Waals surface area contributed by atoms with E-state index in [0.29, 0.717) is 6.54 Å². The molecule has 0 aliphatic heterocycles. The van der Waals surface area contributed by atoms with Gasteiger partial charge in [-0.15, -0.1) is 11.3 Å². The van der Waals surface area contributed by atoms with Gasteiger partial charge in [0.1, 0.15) is 0 Å². The van der Waals surface area contributed by atoms with Crippen molar-refractivity contribution in [1.82, 2.24) is 5.32 Å². The third kappa shape index (κ3) is 3.62. The maximum Gasteiger partial charge on any atom is 0.263 e. The molecule has 2 rings (SSSR count). The Kier molecular flexibility index (Phi) is 4.44. The summed E-state index contributed by atoms with van der Waals surface area (Å²) in [5.74, 6) is 0. The SMILES string of the molecule is Cc1ccc(CNCc2ccc(C(F)F)cc2)s1. The van der Waals surface area contributed by atoms with Gasteiger partial charge >= 0.3 is 0 Å². The van der Waals surface area contributed by atoms with E-state index in [2.05, 4.69) is 24.4 Å². The van der Waals surface area contributed by atoms with Crippen LogP contribution in [0.15, 0.2) is 36.4 Å². The van der Waals surface area contributed by atoms with E-state index in [0.717, 1.165) is 12.1 Å². The predicted molar refractivity (Wildman–Crippen MR) is 71.0 cm³/mol. The van der Waals surface area contributed by atoms with Crippen LogP contribution < -0.4 is 5.32 Å². The van der Waals surface area contributed by atoms with Gasteiger partial charge in [0.15, 0.2) is 0 Å². The van der Waals surface area contributed by atoms with Crippen molar-refractivity contribution in [3.05, 3.63) is 57.3 Å². The molecule has 0 saturated heterocycles. The van der Waals surface area contributed by atoms with E-state index in [9.17, 15) is 8.78 Å². The van der Waals surface area contributed by atoms with Crippen molar-refractivity contribution in [3.8, 4) is 0 Å². The fourth-order valence-corrected chi connectivity index (χ4v) is 2.55. The summed E-state index contributed by atoms with van der Waals surface area (Å²) >= 11 is 1.77. The van der Waals surface area contributed by atoms with Crippen molar-refractivity contribution < 1.29 is 8.78 Å². The lowest BCUT2D eigenvalue weighted by molar-refractivity contribution is 0.151. The van der Waals surface area contributed by atoms with Crippen molar-refractivity contribution >= 4 is 11.3 Å². The van der Waals surface area contributed by atoms with Crippen LogP contribution >= 0.6 is 11.3 Å². The monoisotopic (exact) mass is 267 g/mol. The van der Waals surface area contributed by atoms with E-state index in [-0.39, 0.29) is 5.56 Å². The fourth-order valence-electron chi connectivity index (χ4n) is 1.69. The van der Waals surface area contributed by atoms with Crippen molar-refractivity contribution in [1.29, 1.82) is 0 Å². The highest BCUT2D eigenvalue weighted by molar-refractivity contribution is 7.11. The van der Waals surface area contributed by atoms with Gasteiger partial charge in [0.2, 0.25) is 0 Å². The van der Waals surface area contributed by atoms with Crippen LogP contribution in [0.1, 0.15) is 27.3 Å². The predicted octanol–water partition coefficient (Wildman–Crippen LogP) is 4.28. The quantitative estimate of drug-likeness (QED) is 0.852. The molecular formula is C14H15F2NS. The first-order valence-electron chi connectivity index (χ1n) is 5.78. The third-order valence-corrected chi connectivity index (χ3v) is 3.66. The van der Waals surface area contributed by atoms with Crippen LogP contribution in [0.3, 0.4) is 0 Å². The van der Waals surface area contributed by atoms with Crippen LogP contribution in [0.4, 0.5) is 8.78 Å². The average Bonchev–Trinajstić information content (AvgIpc) is 2.76. The Morgan fingerprint density at radius 2 is 1.78 bits per heavy atom. The van der Waals surface area contributed by atoms with Gasteiger partial charge in [0.05, 0.1) is 0 Å². The fraction of sp³-hybridized carbons (Fsp3) is 0.286. The molecule has 1 N–H and O–H groups in total. The molecule has 1 aromatic heterocycles. The summed E-state index contributed by atoms with van der Waals surface area (Å²) in [5.41, 5.74) is 1.10. The van der Waals surface area contributed by atoms with Gasteiger partial charge in [0, 0.05) is 28.4 Å². The number of nitrogens with one attached hydrogen (secondary N) is 1. The highest BCUT2D eigenvalue weighted by atomic mass is 32.1. The van der Waals surface area contributed by atoms with Crippen molar-refractivity contribution in [2.45, 2.75) is 26.4 Å². The van der Waals surface area contributed by atoms with Crippen LogP contribution in [0, 0.1) is 6.92 Å². The first-order valence-corrected chi connectivity index (χ1v) is 6.60. The van der Waals surface area contributed by atoms with Gasteiger partial charge < -0.3 is 5.32 Å². The number of alkyl halides is 2.